The van der Waals surface area contributed by atoms with E-state index in [2.05, 4.69) is 6.92 Å². The van der Waals surface area contributed by atoms with E-state index in [0.717, 1.165) is 12.0 Å². The Morgan fingerprint density at radius 3 is 2.39 bits per heavy atom. The minimum Gasteiger partial charge on any atom is -0.392 e. The molecule has 0 bridgehead atoms. The summed E-state index contributed by atoms with van der Waals surface area (Å²) in [6.07, 6.45) is 7.40. The van der Waals surface area contributed by atoms with Crippen LogP contribution in [0.4, 0.5) is 0 Å². The molecule has 0 spiro atoms. The van der Waals surface area contributed by atoms with E-state index >= 15 is 0 Å². The topological polar surface area (TPSA) is 57.5 Å². The fourth-order valence-electron chi connectivity index (χ4n) is 3.16. The summed E-state index contributed by atoms with van der Waals surface area (Å²) in [6.45, 7) is 5.89. The Labute approximate surface area is 108 Å². The highest BCUT2D eigenvalue weighted by Crippen LogP contribution is 2.56. The quantitative estimate of drug-likeness (QED) is 0.737. The number of carbonyl (C=O) groups is 1. The molecule has 0 saturated heterocycles. The molecule has 3 nitrogen and oxygen atoms in total. The zero-order valence-corrected chi connectivity index (χ0v) is 11.4. The smallest absolute Gasteiger partial charge is 0.156 e. The lowest BCUT2D eigenvalue weighted by molar-refractivity contribution is -0.116. The molecule has 0 unspecified atom stereocenters. The summed E-state index contributed by atoms with van der Waals surface area (Å²) >= 11 is 0. The summed E-state index contributed by atoms with van der Waals surface area (Å²) in [5.41, 5.74) is -0.440. The number of aliphatic hydroxyl groups excluding tert-OH is 1. The van der Waals surface area contributed by atoms with Gasteiger partial charge in [0.15, 0.2) is 5.78 Å². The second kappa shape index (κ2) is 4.04. The van der Waals surface area contributed by atoms with Crippen molar-refractivity contribution in [3.05, 3.63) is 23.8 Å². The lowest BCUT2D eigenvalue weighted by atomic mass is 9.57. The molecule has 0 heterocycles. The minimum absolute atomic E-state index is 0.0674. The van der Waals surface area contributed by atoms with Crippen molar-refractivity contribution in [1.29, 1.82) is 0 Å². The van der Waals surface area contributed by atoms with Gasteiger partial charge in [-0.25, -0.2) is 0 Å². The molecule has 0 aliphatic heterocycles. The van der Waals surface area contributed by atoms with E-state index in [-0.39, 0.29) is 23.2 Å². The molecule has 2 aliphatic rings. The number of carbonyl (C=O) groups excluding carboxylic acids is 1. The zero-order valence-electron chi connectivity index (χ0n) is 11.4. The summed E-state index contributed by atoms with van der Waals surface area (Å²) in [6, 6.07) is 0. The Balaban J connectivity index is 2.37. The maximum absolute atomic E-state index is 11.7. The van der Waals surface area contributed by atoms with E-state index in [1.54, 1.807) is 13.0 Å². The van der Waals surface area contributed by atoms with Gasteiger partial charge in [0.2, 0.25) is 0 Å². The van der Waals surface area contributed by atoms with Gasteiger partial charge in [0, 0.05) is 11.8 Å². The van der Waals surface area contributed by atoms with Crippen molar-refractivity contribution in [2.24, 2.45) is 10.8 Å². The van der Waals surface area contributed by atoms with Crippen LogP contribution in [0.2, 0.25) is 0 Å². The number of hydrogen-bond acceptors (Lipinski definition) is 3. The maximum atomic E-state index is 11.7. The average Bonchev–Trinajstić information content (AvgIpc) is 2.60. The molecule has 0 amide bonds. The molecule has 0 aromatic heterocycles. The van der Waals surface area contributed by atoms with Gasteiger partial charge in [-0.15, -0.1) is 0 Å². The number of rotatable bonds is 2. The van der Waals surface area contributed by atoms with E-state index in [0.29, 0.717) is 12.8 Å². The molecule has 3 heteroatoms. The molecule has 0 saturated carbocycles. The van der Waals surface area contributed by atoms with Gasteiger partial charge in [-0.3, -0.25) is 4.79 Å². The van der Waals surface area contributed by atoms with Crippen LogP contribution in [0, 0.1) is 10.8 Å². The number of hydrogen-bond donors (Lipinski definition) is 2. The van der Waals surface area contributed by atoms with Gasteiger partial charge in [-0.05, 0) is 36.8 Å². The average molecular weight is 250 g/mol. The first-order chi connectivity index (χ1) is 8.22. The van der Waals surface area contributed by atoms with Gasteiger partial charge in [-0.1, -0.05) is 26.0 Å². The first kappa shape index (κ1) is 13.5. The number of allylic oxidation sites excluding steroid dienone is 2. The Morgan fingerprint density at radius 1 is 1.22 bits per heavy atom. The van der Waals surface area contributed by atoms with E-state index in [4.69, 9.17) is 0 Å². The van der Waals surface area contributed by atoms with Crippen LogP contribution in [0.1, 0.15) is 40.0 Å². The van der Waals surface area contributed by atoms with Gasteiger partial charge in [-0.2, -0.15) is 0 Å². The van der Waals surface area contributed by atoms with Crippen LogP contribution in [0.25, 0.3) is 0 Å². The fourth-order valence-corrected chi connectivity index (χ4v) is 3.16. The normalized spacial score (nSPS) is 44.3. The standard InChI is InChI=1S/C15H22O3/c1-13(4-6-14(2,18)7-5-13)15(3)9-12(17)8-11(15)10-16/h4,6,8,16,18H,5,7,9-10H2,1-3H3/t13-,14-,15+/m1/s1. The highest BCUT2D eigenvalue weighted by Gasteiger charge is 2.50. The summed E-state index contributed by atoms with van der Waals surface area (Å²) in [5.74, 6) is 0.0912. The Morgan fingerprint density at radius 2 is 1.89 bits per heavy atom. The van der Waals surface area contributed by atoms with Crippen LogP contribution in [-0.2, 0) is 4.79 Å². The third-order valence-corrected chi connectivity index (χ3v) is 4.96. The Hall–Kier alpha value is -0.930. The molecule has 3 atom stereocenters. The van der Waals surface area contributed by atoms with E-state index in [9.17, 15) is 15.0 Å². The molecule has 0 fully saturated rings. The van der Waals surface area contributed by atoms with Crippen LogP contribution < -0.4 is 0 Å². The third kappa shape index (κ3) is 1.95. The largest absolute Gasteiger partial charge is 0.392 e. The molecule has 2 N–H and O–H groups in total. The minimum atomic E-state index is -0.748. The lowest BCUT2D eigenvalue weighted by Gasteiger charge is -2.47. The molecule has 0 aromatic rings. The van der Waals surface area contributed by atoms with E-state index < -0.39 is 5.60 Å². The maximum Gasteiger partial charge on any atom is 0.156 e. The highest BCUT2D eigenvalue weighted by atomic mass is 16.3. The first-order valence-electron chi connectivity index (χ1n) is 6.50. The SMILES string of the molecule is C[C@]1([C@]2(C)C=C[C@@](C)(O)CC2)CC(=O)C=C1CO. The molecule has 2 rings (SSSR count). The zero-order chi connectivity index (χ0) is 13.6. The number of ketones is 1. The molecule has 0 radical (unpaired) electrons. The predicted molar refractivity (Wildman–Crippen MR) is 70.0 cm³/mol. The van der Waals surface area contributed by atoms with Crippen molar-refractivity contribution >= 4 is 5.78 Å². The first-order valence-corrected chi connectivity index (χ1v) is 6.50. The molecule has 100 valence electrons. The lowest BCUT2D eigenvalue weighted by Crippen LogP contribution is -2.42. The van der Waals surface area contributed by atoms with Gasteiger partial charge in [0.05, 0.1) is 12.2 Å². The van der Waals surface area contributed by atoms with Crippen molar-refractivity contribution in [3.63, 3.8) is 0 Å². The van der Waals surface area contributed by atoms with Crippen LogP contribution in [0.15, 0.2) is 23.8 Å². The molecule has 18 heavy (non-hydrogen) atoms. The summed E-state index contributed by atoms with van der Waals surface area (Å²) in [4.78, 5) is 11.7. The summed E-state index contributed by atoms with van der Waals surface area (Å²) in [5, 5.41) is 19.5. The van der Waals surface area contributed by atoms with E-state index in [1.165, 1.54) is 0 Å². The van der Waals surface area contributed by atoms with E-state index in [1.807, 2.05) is 19.1 Å². The summed E-state index contributed by atoms with van der Waals surface area (Å²) < 4.78 is 0. The van der Waals surface area contributed by atoms with Crippen molar-refractivity contribution < 1.29 is 15.0 Å². The second-order valence-electron chi connectivity index (χ2n) is 6.41. The Bertz CT molecular complexity index is 433. The van der Waals surface area contributed by atoms with Gasteiger partial charge in [0.1, 0.15) is 0 Å². The second-order valence-corrected chi connectivity index (χ2v) is 6.41. The van der Waals surface area contributed by atoms with Gasteiger partial charge >= 0.3 is 0 Å². The van der Waals surface area contributed by atoms with Crippen LogP contribution in [-0.4, -0.2) is 28.2 Å². The third-order valence-electron chi connectivity index (χ3n) is 4.96. The van der Waals surface area contributed by atoms with Gasteiger partial charge in [0.25, 0.3) is 0 Å². The van der Waals surface area contributed by atoms with Crippen molar-refractivity contribution in [1.82, 2.24) is 0 Å². The van der Waals surface area contributed by atoms with Crippen LogP contribution >= 0.6 is 0 Å². The molecule has 2 aliphatic carbocycles. The fraction of sp³-hybridized carbons (Fsp3) is 0.667. The highest BCUT2D eigenvalue weighted by molar-refractivity contribution is 5.94. The number of aliphatic hydroxyl groups is 2. The van der Waals surface area contributed by atoms with Gasteiger partial charge < -0.3 is 10.2 Å². The van der Waals surface area contributed by atoms with Crippen molar-refractivity contribution in [2.75, 3.05) is 6.61 Å². The summed E-state index contributed by atoms with van der Waals surface area (Å²) in [7, 11) is 0. The molecular formula is C15H22O3. The Kier molecular flexibility index (Phi) is 3.03. The van der Waals surface area contributed by atoms with Crippen LogP contribution in [0.3, 0.4) is 0 Å². The molecule has 0 aromatic carbocycles. The van der Waals surface area contributed by atoms with Crippen LogP contribution in [0.5, 0.6) is 0 Å². The monoisotopic (exact) mass is 250 g/mol. The molecular weight excluding hydrogens is 228 g/mol. The van der Waals surface area contributed by atoms with Crippen molar-refractivity contribution in [2.45, 2.75) is 45.6 Å². The van der Waals surface area contributed by atoms with Crippen molar-refractivity contribution in [3.8, 4) is 0 Å². The predicted octanol–water partition coefficient (Wildman–Crippen LogP) is 1.99.